The van der Waals surface area contributed by atoms with Gasteiger partial charge in [0.05, 0.1) is 29.1 Å². The van der Waals surface area contributed by atoms with Crippen molar-refractivity contribution >= 4 is 63.8 Å². The van der Waals surface area contributed by atoms with Gasteiger partial charge in [0.15, 0.2) is 16.7 Å². The monoisotopic (exact) mass is 466 g/mol. The Bertz CT molecular complexity index is 1050. The molecule has 0 bridgehead atoms. The first-order valence-electron chi connectivity index (χ1n) is 8.57. The van der Waals surface area contributed by atoms with E-state index >= 15 is 0 Å². The van der Waals surface area contributed by atoms with E-state index in [0.717, 1.165) is 11.8 Å². The molecule has 0 saturated carbocycles. The number of phenolic OH excluding ortho intramolecular Hbond substituents is 1. The van der Waals surface area contributed by atoms with Crippen LogP contribution in [0.5, 0.6) is 11.5 Å². The molecule has 0 radical (unpaired) electrons. The standard InChI is InChI=1S/C19H16Cl2N4O4S/c1-29-14-7-10(5-6-13(14)26)9-22-25-19-24-18(28)15(30-19)8-16(27)23-12-4-2-3-11(20)17(12)21/h2-7,9,15,26H,8H2,1H3,(H,23,27)(H,24,25,28)/b22-9+/t15-/m1/s1. The average molecular weight is 467 g/mol. The van der Waals surface area contributed by atoms with Crippen LogP contribution in [0.3, 0.4) is 0 Å². The number of benzene rings is 2. The van der Waals surface area contributed by atoms with Crippen molar-refractivity contribution in [1.82, 2.24) is 5.32 Å². The number of nitrogens with zero attached hydrogens (tertiary/aromatic N) is 2. The van der Waals surface area contributed by atoms with Gasteiger partial charge in [0.1, 0.15) is 5.25 Å². The van der Waals surface area contributed by atoms with Crippen LogP contribution in [-0.4, -0.2) is 40.7 Å². The highest BCUT2D eigenvalue weighted by Gasteiger charge is 2.32. The molecule has 3 N–H and O–H groups in total. The number of amidine groups is 1. The molecule has 1 atom stereocenters. The lowest BCUT2D eigenvalue weighted by atomic mass is 10.2. The Morgan fingerprint density at radius 2 is 2.17 bits per heavy atom. The number of ether oxygens (including phenoxy) is 1. The SMILES string of the molecule is COc1cc(/C=N/N=C2\NC(=O)[C@@H](CC(=O)Nc3cccc(Cl)c3Cl)S2)ccc1O. The van der Waals surface area contributed by atoms with E-state index in [0.29, 0.717) is 22.0 Å². The summed E-state index contributed by atoms with van der Waals surface area (Å²) in [4.78, 5) is 24.4. The van der Waals surface area contributed by atoms with Crippen LogP contribution in [0.15, 0.2) is 46.6 Å². The molecular formula is C19H16Cl2N4O4S. The molecule has 3 rings (SSSR count). The zero-order valence-corrected chi connectivity index (χ0v) is 17.9. The minimum atomic E-state index is -0.648. The van der Waals surface area contributed by atoms with Crippen molar-refractivity contribution < 1.29 is 19.4 Å². The molecule has 2 amide bonds. The molecule has 1 heterocycles. The summed E-state index contributed by atoms with van der Waals surface area (Å²) in [6, 6.07) is 9.59. The molecule has 1 aliphatic heterocycles. The van der Waals surface area contributed by atoms with Crippen molar-refractivity contribution in [3.05, 3.63) is 52.0 Å². The summed E-state index contributed by atoms with van der Waals surface area (Å²) < 4.78 is 5.02. The summed E-state index contributed by atoms with van der Waals surface area (Å²) >= 11 is 13.1. The number of amides is 2. The topological polar surface area (TPSA) is 112 Å². The van der Waals surface area contributed by atoms with Gasteiger partial charge >= 0.3 is 0 Å². The molecule has 1 aliphatic rings. The van der Waals surface area contributed by atoms with Crippen molar-refractivity contribution in [3.8, 4) is 11.5 Å². The van der Waals surface area contributed by atoms with Gasteiger partial charge in [-0.05, 0) is 35.9 Å². The van der Waals surface area contributed by atoms with Gasteiger partial charge in [0, 0.05) is 6.42 Å². The molecule has 0 unspecified atom stereocenters. The zero-order valence-electron chi connectivity index (χ0n) is 15.6. The first kappa shape index (κ1) is 21.9. The van der Waals surface area contributed by atoms with Gasteiger partial charge in [-0.1, -0.05) is 41.0 Å². The molecule has 2 aromatic carbocycles. The van der Waals surface area contributed by atoms with E-state index in [-0.39, 0.29) is 34.2 Å². The van der Waals surface area contributed by atoms with Crippen LogP contribution in [0.1, 0.15) is 12.0 Å². The van der Waals surface area contributed by atoms with Gasteiger partial charge in [0.25, 0.3) is 0 Å². The van der Waals surface area contributed by atoms with Crippen molar-refractivity contribution in [1.29, 1.82) is 0 Å². The average Bonchev–Trinajstić information content (AvgIpc) is 3.05. The minimum absolute atomic E-state index is 0.0137. The highest BCUT2D eigenvalue weighted by Crippen LogP contribution is 2.30. The molecule has 156 valence electrons. The fourth-order valence-corrected chi connectivity index (χ4v) is 3.75. The Morgan fingerprint density at radius 1 is 1.37 bits per heavy atom. The Hall–Kier alpha value is -2.75. The van der Waals surface area contributed by atoms with Crippen molar-refractivity contribution in [2.75, 3.05) is 12.4 Å². The Kier molecular flexibility index (Phi) is 7.20. The number of anilines is 1. The van der Waals surface area contributed by atoms with Gasteiger partial charge < -0.3 is 20.5 Å². The summed E-state index contributed by atoms with van der Waals surface area (Å²) in [5.74, 6) is -0.402. The molecular weight excluding hydrogens is 451 g/mol. The van der Waals surface area contributed by atoms with Crippen LogP contribution >= 0.6 is 35.0 Å². The highest BCUT2D eigenvalue weighted by atomic mass is 35.5. The maximum atomic E-state index is 12.3. The summed E-state index contributed by atoms with van der Waals surface area (Å²) in [6.45, 7) is 0. The molecule has 0 aliphatic carbocycles. The van der Waals surface area contributed by atoms with Crippen molar-refractivity contribution in [3.63, 3.8) is 0 Å². The maximum Gasteiger partial charge on any atom is 0.240 e. The van der Waals surface area contributed by atoms with Crippen molar-refractivity contribution in [2.45, 2.75) is 11.7 Å². The fourth-order valence-electron chi connectivity index (χ4n) is 2.48. The van der Waals surface area contributed by atoms with Crippen LogP contribution in [0.25, 0.3) is 0 Å². The predicted molar refractivity (Wildman–Crippen MR) is 119 cm³/mol. The number of hydrogen-bond acceptors (Lipinski definition) is 7. The van der Waals surface area contributed by atoms with Crippen LogP contribution < -0.4 is 15.4 Å². The number of methoxy groups -OCH3 is 1. The van der Waals surface area contributed by atoms with Crippen LogP contribution in [0, 0.1) is 0 Å². The molecule has 8 nitrogen and oxygen atoms in total. The summed E-state index contributed by atoms with van der Waals surface area (Å²) in [5.41, 5.74) is 1.03. The number of carbonyl (C=O) groups is 2. The molecule has 30 heavy (non-hydrogen) atoms. The molecule has 1 saturated heterocycles. The lowest BCUT2D eigenvalue weighted by molar-refractivity contribution is -0.122. The second kappa shape index (κ2) is 9.84. The minimum Gasteiger partial charge on any atom is -0.504 e. The largest absolute Gasteiger partial charge is 0.504 e. The number of carbonyl (C=O) groups excluding carboxylic acids is 2. The number of thioether (sulfide) groups is 1. The van der Waals surface area contributed by atoms with Gasteiger partial charge in [0.2, 0.25) is 11.8 Å². The second-order valence-corrected chi connectivity index (χ2v) is 8.01. The van der Waals surface area contributed by atoms with E-state index in [9.17, 15) is 14.7 Å². The first-order valence-corrected chi connectivity index (χ1v) is 10.2. The van der Waals surface area contributed by atoms with Crippen LogP contribution in [-0.2, 0) is 9.59 Å². The quantitative estimate of drug-likeness (QED) is 0.444. The first-order chi connectivity index (χ1) is 14.4. The van der Waals surface area contributed by atoms with Gasteiger partial charge in [-0.2, -0.15) is 5.10 Å². The van der Waals surface area contributed by atoms with Crippen LogP contribution in [0.2, 0.25) is 10.0 Å². The molecule has 0 spiro atoms. The number of hydrogen-bond donors (Lipinski definition) is 3. The van der Waals surface area contributed by atoms with Crippen LogP contribution in [0.4, 0.5) is 5.69 Å². The van der Waals surface area contributed by atoms with Gasteiger partial charge in [-0.25, -0.2) is 0 Å². The number of aromatic hydroxyl groups is 1. The number of rotatable bonds is 6. The fraction of sp³-hybridized carbons (Fsp3) is 0.158. The number of nitrogens with one attached hydrogen (secondary N) is 2. The van der Waals surface area contributed by atoms with Crippen molar-refractivity contribution in [2.24, 2.45) is 10.2 Å². The third-order valence-corrected chi connectivity index (χ3v) is 5.82. The number of phenols is 1. The van der Waals surface area contributed by atoms with E-state index in [1.807, 2.05) is 0 Å². The van der Waals surface area contributed by atoms with E-state index in [4.69, 9.17) is 27.9 Å². The number of halogens is 2. The zero-order chi connectivity index (χ0) is 21.7. The normalized spacial score (nSPS) is 17.4. The highest BCUT2D eigenvalue weighted by molar-refractivity contribution is 8.15. The Balaban J connectivity index is 1.59. The van der Waals surface area contributed by atoms with E-state index in [1.54, 1.807) is 30.3 Å². The van der Waals surface area contributed by atoms with Gasteiger partial charge in [-0.15, -0.1) is 5.10 Å². The summed E-state index contributed by atoms with van der Waals surface area (Å²) in [5, 5.41) is 22.9. The summed E-state index contributed by atoms with van der Waals surface area (Å²) in [7, 11) is 1.44. The second-order valence-electron chi connectivity index (χ2n) is 6.03. The molecule has 2 aromatic rings. The molecule has 1 fully saturated rings. The van der Waals surface area contributed by atoms with Gasteiger partial charge in [-0.3, -0.25) is 9.59 Å². The molecule has 11 heteroatoms. The van der Waals surface area contributed by atoms with E-state index < -0.39 is 5.25 Å². The van der Waals surface area contributed by atoms with E-state index in [2.05, 4.69) is 20.8 Å². The third-order valence-electron chi connectivity index (χ3n) is 3.93. The third kappa shape index (κ3) is 5.44. The predicted octanol–water partition coefficient (Wildman–Crippen LogP) is 3.66. The Morgan fingerprint density at radius 3 is 2.93 bits per heavy atom. The smallest absolute Gasteiger partial charge is 0.240 e. The lowest BCUT2D eigenvalue weighted by Crippen LogP contribution is -2.28. The Labute approximate surface area is 186 Å². The molecule has 0 aromatic heterocycles. The lowest BCUT2D eigenvalue weighted by Gasteiger charge is -2.09. The van der Waals surface area contributed by atoms with E-state index in [1.165, 1.54) is 19.4 Å². The maximum absolute atomic E-state index is 12.3. The summed E-state index contributed by atoms with van der Waals surface area (Å²) in [6.07, 6.45) is 1.38.